The SMILES string of the molecule is CCCOc1cc(-c2nc(COc3cc(N)nc(N)n3)c(CCC)s2)ccc1OC. The van der Waals surface area contributed by atoms with Gasteiger partial charge in [0.05, 0.1) is 19.4 Å². The normalized spacial score (nSPS) is 10.8. The molecule has 0 atom stereocenters. The molecular weight excluding hydrogens is 402 g/mol. The Morgan fingerprint density at radius 3 is 2.50 bits per heavy atom. The number of hydrogen-bond acceptors (Lipinski definition) is 9. The van der Waals surface area contributed by atoms with Crippen molar-refractivity contribution in [1.29, 1.82) is 0 Å². The first-order valence-electron chi connectivity index (χ1n) is 9.86. The van der Waals surface area contributed by atoms with E-state index in [2.05, 4.69) is 23.8 Å². The third kappa shape index (κ3) is 5.29. The quantitative estimate of drug-likeness (QED) is 0.495. The minimum Gasteiger partial charge on any atom is -0.493 e. The molecule has 0 fully saturated rings. The highest BCUT2D eigenvalue weighted by Crippen LogP contribution is 2.36. The number of nitrogens with two attached hydrogens (primary N) is 2. The smallest absolute Gasteiger partial charge is 0.225 e. The Balaban J connectivity index is 1.86. The summed E-state index contributed by atoms with van der Waals surface area (Å²) in [6, 6.07) is 7.41. The second-order valence-corrected chi connectivity index (χ2v) is 7.71. The molecule has 0 unspecified atom stereocenters. The molecule has 4 N–H and O–H groups in total. The molecule has 9 heteroatoms. The molecule has 3 aromatic rings. The van der Waals surface area contributed by atoms with Gasteiger partial charge in [-0.1, -0.05) is 20.3 Å². The van der Waals surface area contributed by atoms with E-state index in [1.54, 1.807) is 24.5 Å². The largest absolute Gasteiger partial charge is 0.493 e. The fourth-order valence-corrected chi connectivity index (χ4v) is 4.02. The Kier molecular flexibility index (Phi) is 7.29. The van der Waals surface area contributed by atoms with Crippen molar-refractivity contribution in [3.63, 3.8) is 0 Å². The zero-order valence-corrected chi connectivity index (χ0v) is 18.3. The van der Waals surface area contributed by atoms with Crippen LogP contribution in [-0.2, 0) is 13.0 Å². The average Bonchev–Trinajstić information content (AvgIpc) is 3.13. The summed E-state index contributed by atoms with van der Waals surface area (Å²) in [5.74, 6) is 2.10. The van der Waals surface area contributed by atoms with E-state index in [9.17, 15) is 0 Å². The highest BCUT2D eigenvalue weighted by Gasteiger charge is 2.15. The van der Waals surface area contributed by atoms with Gasteiger partial charge < -0.3 is 25.7 Å². The van der Waals surface area contributed by atoms with E-state index in [0.29, 0.717) is 24.0 Å². The van der Waals surface area contributed by atoms with E-state index in [4.69, 9.17) is 30.7 Å². The van der Waals surface area contributed by atoms with Crippen LogP contribution in [-0.4, -0.2) is 28.7 Å². The molecule has 0 saturated heterocycles. The van der Waals surface area contributed by atoms with Crippen LogP contribution < -0.4 is 25.7 Å². The molecular formula is C21H27N5O3S. The van der Waals surface area contributed by atoms with E-state index in [-0.39, 0.29) is 18.4 Å². The number of aryl methyl sites for hydroxylation is 1. The van der Waals surface area contributed by atoms with Gasteiger partial charge in [0.25, 0.3) is 0 Å². The maximum Gasteiger partial charge on any atom is 0.225 e. The van der Waals surface area contributed by atoms with Crippen molar-refractivity contribution in [2.75, 3.05) is 25.2 Å². The molecule has 30 heavy (non-hydrogen) atoms. The second-order valence-electron chi connectivity index (χ2n) is 6.63. The average molecular weight is 430 g/mol. The lowest BCUT2D eigenvalue weighted by atomic mass is 10.2. The lowest BCUT2D eigenvalue weighted by molar-refractivity contribution is 0.289. The molecule has 0 bridgehead atoms. The van der Waals surface area contributed by atoms with E-state index in [0.717, 1.165) is 35.5 Å². The topological polar surface area (TPSA) is 118 Å². The summed E-state index contributed by atoms with van der Waals surface area (Å²) in [5.41, 5.74) is 13.2. The van der Waals surface area contributed by atoms with Crippen LogP contribution in [0.3, 0.4) is 0 Å². The van der Waals surface area contributed by atoms with Crippen molar-refractivity contribution < 1.29 is 14.2 Å². The highest BCUT2D eigenvalue weighted by atomic mass is 32.1. The van der Waals surface area contributed by atoms with Crippen molar-refractivity contribution in [3.05, 3.63) is 34.8 Å². The van der Waals surface area contributed by atoms with Gasteiger partial charge in [0, 0.05) is 16.5 Å². The number of nitrogen functional groups attached to an aromatic ring is 2. The molecule has 1 aromatic carbocycles. The lowest BCUT2D eigenvalue weighted by Gasteiger charge is -2.11. The van der Waals surface area contributed by atoms with E-state index >= 15 is 0 Å². The van der Waals surface area contributed by atoms with Crippen LogP contribution in [0.1, 0.15) is 37.3 Å². The number of ether oxygens (including phenoxy) is 3. The molecule has 2 heterocycles. The van der Waals surface area contributed by atoms with Crippen molar-refractivity contribution in [2.45, 2.75) is 39.7 Å². The van der Waals surface area contributed by atoms with Crippen LogP contribution in [0.5, 0.6) is 17.4 Å². The number of nitrogens with zero attached hydrogens (tertiary/aromatic N) is 3. The summed E-state index contributed by atoms with van der Waals surface area (Å²) in [6.07, 6.45) is 2.85. The number of methoxy groups -OCH3 is 1. The van der Waals surface area contributed by atoms with Crippen LogP contribution >= 0.6 is 11.3 Å². The van der Waals surface area contributed by atoms with Gasteiger partial charge in [-0.25, -0.2) is 4.98 Å². The summed E-state index contributed by atoms with van der Waals surface area (Å²) in [6.45, 7) is 5.11. The third-order valence-electron chi connectivity index (χ3n) is 4.22. The first kappa shape index (κ1) is 21.6. The van der Waals surface area contributed by atoms with Crippen LogP contribution in [0, 0.1) is 0 Å². The lowest BCUT2D eigenvalue weighted by Crippen LogP contribution is -2.04. The Hall–Kier alpha value is -3.07. The Morgan fingerprint density at radius 2 is 1.80 bits per heavy atom. The fourth-order valence-electron chi connectivity index (χ4n) is 2.85. The molecule has 0 aliphatic heterocycles. The van der Waals surface area contributed by atoms with E-state index < -0.39 is 0 Å². The van der Waals surface area contributed by atoms with Gasteiger partial charge in [0.2, 0.25) is 11.8 Å². The van der Waals surface area contributed by atoms with Crippen molar-refractivity contribution >= 4 is 23.1 Å². The van der Waals surface area contributed by atoms with Gasteiger partial charge in [0.1, 0.15) is 17.4 Å². The van der Waals surface area contributed by atoms with Gasteiger partial charge in [-0.15, -0.1) is 11.3 Å². The third-order valence-corrected chi connectivity index (χ3v) is 5.43. The predicted molar refractivity (Wildman–Crippen MR) is 119 cm³/mol. The van der Waals surface area contributed by atoms with Crippen molar-refractivity contribution in [3.8, 4) is 28.0 Å². The summed E-state index contributed by atoms with van der Waals surface area (Å²) >= 11 is 1.66. The molecule has 2 aromatic heterocycles. The van der Waals surface area contributed by atoms with Gasteiger partial charge in [-0.3, -0.25) is 0 Å². The van der Waals surface area contributed by atoms with Crippen molar-refractivity contribution in [2.24, 2.45) is 0 Å². The standard InChI is InChI=1S/C21H27N5O3S/c1-4-6-17-14(12-29-19-11-18(22)25-21(23)26-19)24-20(30-17)13-7-8-15(27-3)16(10-13)28-9-5-2/h7-8,10-11H,4-6,9,12H2,1-3H3,(H4,22,23,25,26). The Labute approximate surface area is 180 Å². The molecule has 8 nitrogen and oxygen atoms in total. The molecule has 0 amide bonds. The van der Waals surface area contributed by atoms with E-state index in [1.807, 2.05) is 18.2 Å². The van der Waals surface area contributed by atoms with Crippen molar-refractivity contribution in [1.82, 2.24) is 15.0 Å². The Bertz CT molecular complexity index is 973. The molecule has 160 valence electrons. The predicted octanol–water partition coefficient (Wildman–Crippen LogP) is 4.09. The summed E-state index contributed by atoms with van der Waals surface area (Å²) < 4.78 is 17.0. The van der Waals surface area contributed by atoms with Crippen LogP contribution in [0.25, 0.3) is 10.6 Å². The summed E-state index contributed by atoms with van der Waals surface area (Å²) in [7, 11) is 1.64. The zero-order valence-electron chi connectivity index (χ0n) is 17.5. The zero-order chi connectivity index (χ0) is 21.5. The molecule has 0 aliphatic carbocycles. The van der Waals surface area contributed by atoms with Crippen LogP contribution in [0.2, 0.25) is 0 Å². The number of anilines is 2. The molecule has 0 spiro atoms. The van der Waals surface area contributed by atoms with E-state index in [1.165, 1.54) is 4.88 Å². The van der Waals surface area contributed by atoms with Gasteiger partial charge in [-0.2, -0.15) is 9.97 Å². The fraction of sp³-hybridized carbons (Fsp3) is 0.381. The van der Waals surface area contributed by atoms with Crippen LogP contribution in [0.4, 0.5) is 11.8 Å². The number of thiazole rings is 1. The minimum absolute atomic E-state index is 0.0793. The first-order chi connectivity index (χ1) is 14.5. The molecule has 0 radical (unpaired) electrons. The number of aromatic nitrogens is 3. The summed E-state index contributed by atoms with van der Waals surface area (Å²) in [4.78, 5) is 13.9. The van der Waals surface area contributed by atoms with Gasteiger partial charge in [0.15, 0.2) is 11.5 Å². The molecule has 0 saturated carbocycles. The van der Waals surface area contributed by atoms with Crippen LogP contribution in [0.15, 0.2) is 24.3 Å². The molecule has 3 rings (SSSR count). The monoisotopic (exact) mass is 429 g/mol. The molecule has 0 aliphatic rings. The second kappa shape index (κ2) is 10.1. The minimum atomic E-state index is 0.0793. The highest BCUT2D eigenvalue weighted by molar-refractivity contribution is 7.15. The maximum absolute atomic E-state index is 5.84. The Morgan fingerprint density at radius 1 is 0.967 bits per heavy atom. The number of hydrogen-bond donors (Lipinski definition) is 2. The van der Waals surface area contributed by atoms with Gasteiger partial charge in [-0.05, 0) is 31.0 Å². The number of benzene rings is 1. The number of rotatable bonds is 10. The first-order valence-corrected chi connectivity index (χ1v) is 10.7. The van der Waals surface area contributed by atoms with Gasteiger partial charge >= 0.3 is 0 Å². The maximum atomic E-state index is 5.84. The summed E-state index contributed by atoms with van der Waals surface area (Å²) in [5, 5.41) is 0.905.